The van der Waals surface area contributed by atoms with Crippen molar-refractivity contribution in [1.82, 2.24) is 19.9 Å². The van der Waals surface area contributed by atoms with Crippen molar-refractivity contribution in [3.05, 3.63) is 65.9 Å². The zero-order chi connectivity index (χ0) is 22.5. The number of nitrogens with zero attached hydrogens (tertiary/aromatic N) is 3. The predicted octanol–water partition coefficient (Wildman–Crippen LogP) is 3.33. The Morgan fingerprint density at radius 1 is 0.935 bits per heavy atom. The Labute approximate surface area is 177 Å². The van der Waals surface area contributed by atoms with Gasteiger partial charge in [0.1, 0.15) is 11.6 Å². The van der Waals surface area contributed by atoms with E-state index in [1.165, 1.54) is 6.07 Å². The van der Waals surface area contributed by atoms with Crippen LogP contribution < -0.4 is 15.4 Å². The highest BCUT2D eigenvalue weighted by atomic mass is 32.2. The van der Waals surface area contributed by atoms with Gasteiger partial charge in [0.2, 0.25) is 10.0 Å². The zero-order valence-corrected chi connectivity index (χ0v) is 17.1. The first kappa shape index (κ1) is 22.4. The standard InChI is InChI=1S/C19H19F3N6O2S/c1-13-8-9-23-18(12-13)26-17-7-6-16(27-28-17)24-10-11-25-31(29,30)15-5-3-2-4-14(15)19(20,21)22/h2-9,12,25H,10-11H2,1H3,(H,24,27)(H,23,26,28). The van der Waals surface area contributed by atoms with E-state index < -0.39 is 26.7 Å². The third-order valence-corrected chi connectivity index (χ3v) is 5.56. The number of hydrogen-bond acceptors (Lipinski definition) is 7. The maximum atomic E-state index is 13.0. The fourth-order valence-electron chi connectivity index (χ4n) is 2.62. The smallest absolute Gasteiger partial charge is 0.367 e. The molecule has 0 spiro atoms. The number of aromatic nitrogens is 3. The second kappa shape index (κ2) is 9.27. The zero-order valence-electron chi connectivity index (χ0n) is 16.3. The van der Waals surface area contributed by atoms with E-state index in [1.807, 2.05) is 19.1 Å². The summed E-state index contributed by atoms with van der Waals surface area (Å²) in [5.74, 6) is 1.45. The van der Waals surface area contributed by atoms with Crippen LogP contribution in [-0.4, -0.2) is 36.7 Å². The fourth-order valence-corrected chi connectivity index (χ4v) is 3.88. The van der Waals surface area contributed by atoms with E-state index >= 15 is 0 Å². The lowest BCUT2D eigenvalue weighted by Crippen LogP contribution is -2.30. The van der Waals surface area contributed by atoms with Gasteiger partial charge in [-0.15, -0.1) is 10.2 Å². The SMILES string of the molecule is Cc1ccnc(Nc2ccc(NCCNS(=O)(=O)c3ccccc3C(F)(F)F)nn2)c1. The van der Waals surface area contributed by atoms with E-state index in [4.69, 9.17) is 0 Å². The van der Waals surface area contributed by atoms with Crippen molar-refractivity contribution in [3.8, 4) is 0 Å². The van der Waals surface area contributed by atoms with E-state index in [9.17, 15) is 21.6 Å². The summed E-state index contributed by atoms with van der Waals surface area (Å²) in [6.45, 7) is 1.87. The molecule has 0 fully saturated rings. The number of sulfonamides is 1. The Bertz CT molecular complexity index is 1140. The van der Waals surface area contributed by atoms with Gasteiger partial charge in [0, 0.05) is 19.3 Å². The molecule has 31 heavy (non-hydrogen) atoms. The molecule has 3 N–H and O–H groups in total. The van der Waals surface area contributed by atoms with Crippen LogP contribution in [0, 0.1) is 6.92 Å². The van der Waals surface area contributed by atoms with Gasteiger partial charge in [0.05, 0.1) is 10.5 Å². The van der Waals surface area contributed by atoms with Gasteiger partial charge < -0.3 is 10.6 Å². The van der Waals surface area contributed by atoms with Gasteiger partial charge in [0.25, 0.3) is 0 Å². The van der Waals surface area contributed by atoms with Crippen molar-refractivity contribution < 1.29 is 21.6 Å². The summed E-state index contributed by atoms with van der Waals surface area (Å²) in [7, 11) is -4.34. The van der Waals surface area contributed by atoms with Crippen LogP contribution in [0.3, 0.4) is 0 Å². The van der Waals surface area contributed by atoms with Gasteiger partial charge in [0.15, 0.2) is 5.82 Å². The number of benzene rings is 1. The van der Waals surface area contributed by atoms with Crippen molar-refractivity contribution >= 4 is 27.5 Å². The summed E-state index contributed by atoms with van der Waals surface area (Å²) in [5.41, 5.74) is -0.184. The number of aryl methyl sites for hydroxylation is 1. The van der Waals surface area contributed by atoms with Gasteiger partial charge in [-0.25, -0.2) is 18.1 Å². The van der Waals surface area contributed by atoms with Crippen LogP contribution in [0.1, 0.15) is 11.1 Å². The second-order valence-corrected chi connectivity index (χ2v) is 8.20. The van der Waals surface area contributed by atoms with E-state index in [0.717, 1.165) is 23.8 Å². The van der Waals surface area contributed by atoms with Crippen molar-refractivity contribution in [1.29, 1.82) is 0 Å². The minimum atomic E-state index is -4.77. The summed E-state index contributed by atoms with van der Waals surface area (Å²) < 4.78 is 65.8. The lowest BCUT2D eigenvalue weighted by Gasteiger charge is -2.14. The second-order valence-electron chi connectivity index (χ2n) is 6.47. The molecular weight excluding hydrogens is 433 g/mol. The molecule has 0 unspecified atom stereocenters. The topological polar surface area (TPSA) is 109 Å². The summed E-state index contributed by atoms with van der Waals surface area (Å²) in [6.07, 6.45) is -3.11. The van der Waals surface area contributed by atoms with Gasteiger partial charge in [-0.3, -0.25) is 0 Å². The van der Waals surface area contributed by atoms with Crippen LogP contribution in [0.4, 0.5) is 30.6 Å². The molecule has 0 atom stereocenters. The number of alkyl halides is 3. The normalized spacial score (nSPS) is 11.9. The largest absolute Gasteiger partial charge is 0.417 e. The number of hydrogen-bond donors (Lipinski definition) is 3. The monoisotopic (exact) mass is 452 g/mol. The number of anilines is 3. The molecular formula is C19H19F3N6O2S. The average molecular weight is 452 g/mol. The Balaban J connectivity index is 1.54. The molecule has 12 heteroatoms. The Kier molecular flexibility index (Phi) is 6.71. The van der Waals surface area contributed by atoms with E-state index in [1.54, 1.807) is 18.3 Å². The lowest BCUT2D eigenvalue weighted by atomic mass is 10.2. The first-order valence-corrected chi connectivity index (χ1v) is 10.6. The minimum absolute atomic E-state index is 0.0916. The number of nitrogens with one attached hydrogen (secondary N) is 3. The fraction of sp³-hybridized carbons (Fsp3) is 0.211. The van der Waals surface area contributed by atoms with Crippen LogP contribution in [0.2, 0.25) is 0 Å². The first-order valence-electron chi connectivity index (χ1n) is 9.08. The molecule has 0 amide bonds. The van der Waals surface area contributed by atoms with E-state index in [2.05, 4.69) is 30.5 Å². The molecule has 0 saturated carbocycles. The van der Waals surface area contributed by atoms with Crippen molar-refractivity contribution in [2.75, 3.05) is 23.7 Å². The third-order valence-electron chi connectivity index (χ3n) is 4.04. The van der Waals surface area contributed by atoms with Crippen LogP contribution in [0.15, 0.2) is 59.6 Å². The highest BCUT2D eigenvalue weighted by Crippen LogP contribution is 2.33. The van der Waals surface area contributed by atoms with Crippen LogP contribution in [-0.2, 0) is 16.2 Å². The summed E-state index contributed by atoms with van der Waals surface area (Å²) in [5, 5.41) is 13.8. The predicted molar refractivity (Wildman–Crippen MR) is 109 cm³/mol. The van der Waals surface area contributed by atoms with Gasteiger partial charge >= 0.3 is 6.18 Å². The van der Waals surface area contributed by atoms with Crippen LogP contribution >= 0.6 is 0 Å². The first-order chi connectivity index (χ1) is 14.6. The van der Waals surface area contributed by atoms with Crippen molar-refractivity contribution in [3.63, 3.8) is 0 Å². The van der Waals surface area contributed by atoms with Gasteiger partial charge in [-0.05, 0) is 48.9 Å². The summed E-state index contributed by atoms with van der Waals surface area (Å²) in [6, 6.07) is 11.0. The van der Waals surface area contributed by atoms with Crippen LogP contribution in [0.5, 0.6) is 0 Å². The van der Waals surface area contributed by atoms with E-state index in [-0.39, 0.29) is 13.1 Å². The van der Waals surface area contributed by atoms with Gasteiger partial charge in [-0.1, -0.05) is 12.1 Å². The maximum absolute atomic E-state index is 13.0. The highest BCUT2D eigenvalue weighted by Gasteiger charge is 2.36. The molecule has 0 saturated heterocycles. The molecule has 2 heterocycles. The maximum Gasteiger partial charge on any atom is 0.417 e. The molecule has 0 aliphatic rings. The van der Waals surface area contributed by atoms with Gasteiger partial charge in [-0.2, -0.15) is 13.2 Å². The summed E-state index contributed by atoms with van der Waals surface area (Å²) >= 11 is 0. The Hall–Kier alpha value is -3.25. The highest BCUT2D eigenvalue weighted by molar-refractivity contribution is 7.89. The van der Waals surface area contributed by atoms with Crippen LogP contribution in [0.25, 0.3) is 0 Å². The quantitative estimate of drug-likeness (QED) is 0.450. The number of rotatable bonds is 8. The molecule has 3 aromatic rings. The van der Waals surface area contributed by atoms with Crippen molar-refractivity contribution in [2.24, 2.45) is 0 Å². The molecule has 8 nitrogen and oxygen atoms in total. The van der Waals surface area contributed by atoms with E-state index in [0.29, 0.717) is 17.5 Å². The number of halogens is 3. The van der Waals surface area contributed by atoms with Crippen molar-refractivity contribution in [2.45, 2.75) is 18.0 Å². The lowest BCUT2D eigenvalue weighted by molar-refractivity contribution is -0.139. The molecule has 0 bridgehead atoms. The molecule has 164 valence electrons. The minimum Gasteiger partial charge on any atom is -0.367 e. The molecule has 2 aromatic heterocycles. The Morgan fingerprint density at radius 2 is 1.65 bits per heavy atom. The third kappa shape index (κ3) is 6.12. The molecule has 1 aromatic carbocycles. The Morgan fingerprint density at radius 3 is 2.32 bits per heavy atom. The molecule has 3 rings (SSSR count). The molecule has 0 aliphatic heterocycles. The summed E-state index contributed by atoms with van der Waals surface area (Å²) in [4.78, 5) is 3.34. The molecule has 0 aliphatic carbocycles. The number of pyridine rings is 1. The molecule has 0 radical (unpaired) electrons. The average Bonchev–Trinajstić information content (AvgIpc) is 2.72.